The first kappa shape index (κ1) is 25.5. The molecule has 0 saturated carbocycles. The molecule has 1 N–H and O–H groups in total. The Hall–Kier alpha value is -3.13. The molecule has 1 unspecified atom stereocenters. The third-order valence-corrected chi connectivity index (χ3v) is 6.41. The van der Waals surface area contributed by atoms with Crippen molar-refractivity contribution in [1.82, 2.24) is 9.88 Å². The van der Waals surface area contributed by atoms with E-state index in [-0.39, 0.29) is 11.8 Å². The summed E-state index contributed by atoms with van der Waals surface area (Å²) in [5.74, 6) is 0.903. The first-order chi connectivity index (χ1) is 16.2. The van der Waals surface area contributed by atoms with Gasteiger partial charge >= 0.3 is 0 Å². The fourth-order valence-corrected chi connectivity index (χ4v) is 4.43. The quantitative estimate of drug-likeness (QED) is 0.431. The Morgan fingerprint density at radius 2 is 1.71 bits per heavy atom. The van der Waals surface area contributed by atoms with Crippen molar-refractivity contribution in [3.63, 3.8) is 0 Å². The van der Waals surface area contributed by atoms with Crippen LogP contribution in [0.25, 0.3) is 10.9 Å². The minimum Gasteiger partial charge on any atom is -0.497 e. The number of fused-ring (bicyclic) bond motifs is 1. The molecule has 8 heteroatoms. The molecule has 0 aliphatic carbocycles. The minimum atomic E-state index is -0.944. The second-order valence-corrected chi connectivity index (χ2v) is 9.07. The number of hydrogen-bond acceptors (Lipinski definition) is 5. The lowest BCUT2D eigenvalue weighted by atomic mass is 10.0. The summed E-state index contributed by atoms with van der Waals surface area (Å²) in [6.45, 7) is 6.16. The van der Waals surface area contributed by atoms with Crippen LogP contribution in [0, 0.1) is 5.92 Å². The molecule has 0 spiro atoms. The van der Waals surface area contributed by atoms with E-state index in [1.165, 1.54) is 11.8 Å². The van der Waals surface area contributed by atoms with Crippen LogP contribution < -0.4 is 19.7 Å². The summed E-state index contributed by atoms with van der Waals surface area (Å²) in [6, 6.07) is 12.0. The summed E-state index contributed by atoms with van der Waals surface area (Å²) in [4.78, 5) is 28.4. The maximum Gasteiger partial charge on any atom is 0.247 e. The Balaban J connectivity index is 2.23. The van der Waals surface area contributed by atoms with Gasteiger partial charge in [-0.05, 0) is 18.4 Å². The first-order valence-corrected chi connectivity index (χ1v) is 11.7. The molecular formula is C26H33N3O4S. The predicted octanol–water partition coefficient (Wildman–Crippen LogP) is 4.74. The largest absolute Gasteiger partial charge is 0.497 e. The van der Waals surface area contributed by atoms with E-state index >= 15 is 0 Å². The Labute approximate surface area is 206 Å². The SMILES string of the molecule is COc1cc(OC)cc(N(C(C)=O)C(C(=O)NCCC(C)C)c2c(S)n(C)c3ccccc23)c1. The van der Waals surface area contributed by atoms with Crippen LogP contribution in [0.1, 0.15) is 38.8 Å². The smallest absolute Gasteiger partial charge is 0.247 e. The van der Waals surface area contributed by atoms with Crippen molar-refractivity contribution in [2.45, 2.75) is 38.3 Å². The highest BCUT2D eigenvalue weighted by atomic mass is 32.1. The van der Waals surface area contributed by atoms with Gasteiger partial charge in [-0.2, -0.15) is 0 Å². The second-order valence-electron chi connectivity index (χ2n) is 8.65. The molecule has 0 aliphatic heterocycles. The van der Waals surface area contributed by atoms with Gasteiger partial charge in [-0.25, -0.2) is 0 Å². The van der Waals surface area contributed by atoms with Crippen LogP contribution in [-0.2, 0) is 16.6 Å². The van der Waals surface area contributed by atoms with Crippen LogP contribution in [0.3, 0.4) is 0 Å². The van der Waals surface area contributed by atoms with Gasteiger partial charge in [0, 0.05) is 55.2 Å². The van der Waals surface area contributed by atoms with Crippen molar-refractivity contribution in [3.8, 4) is 11.5 Å². The van der Waals surface area contributed by atoms with Crippen molar-refractivity contribution in [3.05, 3.63) is 48.0 Å². The molecule has 7 nitrogen and oxygen atoms in total. The Kier molecular flexibility index (Phi) is 8.15. The van der Waals surface area contributed by atoms with Crippen molar-refractivity contribution >= 4 is 41.0 Å². The molecule has 0 saturated heterocycles. The summed E-state index contributed by atoms with van der Waals surface area (Å²) >= 11 is 4.78. The van der Waals surface area contributed by atoms with Gasteiger partial charge in [0.2, 0.25) is 11.8 Å². The number of anilines is 1. The van der Waals surface area contributed by atoms with Gasteiger partial charge in [0.15, 0.2) is 0 Å². The zero-order valence-electron chi connectivity index (χ0n) is 20.6. The third kappa shape index (κ3) is 5.17. The monoisotopic (exact) mass is 483 g/mol. The van der Waals surface area contributed by atoms with Gasteiger partial charge in [-0.3, -0.25) is 14.5 Å². The minimum absolute atomic E-state index is 0.274. The van der Waals surface area contributed by atoms with Crippen LogP contribution in [0.15, 0.2) is 47.5 Å². The number of aryl methyl sites for hydroxylation is 1. The summed E-state index contributed by atoms with van der Waals surface area (Å²) < 4.78 is 12.8. The van der Waals surface area contributed by atoms with Gasteiger partial charge in [0.05, 0.1) is 24.9 Å². The number of benzene rings is 2. The predicted molar refractivity (Wildman–Crippen MR) is 138 cm³/mol. The molecular weight excluding hydrogens is 450 g/mol. The van der Waals surface area contributed by atoms with Gasteiger partial charge in [-0.1, -0.05) is 32.0 Å². The van der Waals surface area contributed by atoms with E-state index in [1.807, 2.05) is 35.9 Å². The molecule has 2 aromatic carbocycles. The number of nitrogens with zero attached hydrogens (tertiary/aromatic N) is 2. The van der Waals surface area contributed by atoms with Crippen LogP contribution in [0.2, 0.25) is 0 Å². The molecule has 0 aliphatic rings. The number of aromatic nitrogens is 1. The fourth-order valence-electron chi connectivity index (χ4n) is 4.08. The molecule has 0 radical (unpaired) electrons. The van der Waals surface area contributed by atoms with E-state index in [9.17, 15) is 9.59 Å². The lowest BCUT2D eigenvalue weighted by Gasteiger charge is -2.31. The van der Waals surface area contributed by atoms with E-state index in [1.54, 1.807) is 32.4 Å². The normalized spacial score (nSPS) is 12.0. The van der Waals surface area contributed by atoms with Crippen LogP contribution in [0.4, 0.5) is 5.69 Å². The Morgan fingerprint density at radius 1 is 1.09 bits per heavy atom. The molecule has 34 heavy (non-hydrogen) atoms. The number of para-hydroxylation sites is 1. The van der Waals surface area contributed by atoms with E-state index in [0.29, 0.717) is 40.2 Å². The van der Waals surface area contributed by atoms with Crippen molar-refractivity contribution in [2.75, 3.05) is 25.7 Å². The van der Waals surface area contributed by atoms with Gasteiger partial charge in [-0.15, -0.1) is 12.6 Å². The molecule has 182 valence electrons. The van der Waals surface area contributed by atoms with Crippen molar-refractivity contribution in [1.29, 1.82) is 0 Å². The topological polar surface area (TPSA) is 72.8 Å². The summed E-state index contributed by atoms with van der Waals surface area (Å²) in [5, 5.41) is 4.52. The van der Waals surface area contributed by atoms with E-state index in [4.69, 9.17) is 22.1 Å². The van der Waals surface area contributed by atoms with E-state index < -0.39 is 6.04 Å². The molecule has 1 heterocycles. The zero-order valence-corrected chi connectivity index (χ0v) is 21.5. The average Bonchev–Trinajstić information content (AvgIpc) is 3.06. The molecule has 1 atom stereocenters. The summed E-state index contributed by atoms with van der Waals surface area (Å²) in [6.07, 6.45) is 0.828. The van der Waals surface area contributed by atoms with Crippen molar-refractivity contribution in [2.24, 2.45) is 13.0 Å². The molecule has 0 fully saturated rings. The number of amides is 2. The third-order valence-electron chi connectivity index (χ3n) is 5.87. The fraction of sp³-hybridized carbons (Fsp3) is 0.385. The number of ether oxygens (including phenoxy) is 2. The van der Waals surface area contributed by atoms with Gasteiger partial charge in [0.25, 0.3) is 0 Å². The van der Waals surface area contributed by atoms with Gasteiger partial charge < -0.3 is 19.4 Å². The number of thiol groups is 1. The number of rotatable bonds is 9. The highest BCUT2D eigenvalue weighted by Gasteiger charge is 2.35. The first-order valence-electron chi connectivity index (χ1n) is 11.3. The Bertz CT molecular complexity index is 1170. The van der Waals surface area contributed by atoms with Crippen molar-refractivity contribution < 1.29 is 19.1 Å². The van der Waals surface area contributed by atoms with Crippen LogP contribution >= 0.6 is 12.6 Å². The molecule has 1 aromatic heterocycles. The average molecular weight is 484 g/mol. The van der Waals surface area contributed by atoms with E-state index in [0.717, 1.165) is 17.3 Å². The lowest BCUT2D eigenvalue weighted by Crippen LogP contribution is -2.43. The molecule has 2 amide bonds. The summed E-state index contributed by atoms with van der Waals surface area (Å²) in [5.41, 5.74) is 2.09. The maximum absolute atomic E-state index is 13.7. The lowest BCUT2D eigenvalue weighted by molar-refractivity contribution is -0.126. The number of hydrogen-bond donors (Lipinski definition) is 2. The van der Waals surface area contributed by atoms with Crippen LogP contribution in [0.5, 0.6) is 11.5 Å². The number of nitrogens with one attached hydrogen (secondary N) is 1. The number of carbonyl (C=O) groups is 2. The molecule has 0 bridgehead atoms. The number of methoxy groups -OCH3 is 2. The maximum atomic E-state index is 13.7. The standard InChI is InChI=1S/C26H33N3O4S/c1-16(2)11-12-27-25(31)24(23-21-9-7-8-10-22(21)28(4)26(23)34)29(17(3)30)18-13-19(32-5)15-20(14-18)33-6/h7-10,13-16,24,34H,11-12H2,1-6H3,(H,27,31). The number of carbonyl (C=O) groups excluding carboxylic acids is 2. The van der Waals surface area contributed by atoms with E-state index in [2.05, 4.69) is 19.2 Å². The molecule has 3 aromatic rings. The Morgan fingerprint density at radius 3 is 2.26 bits per heavy atom. The highest BCUT2D eigenvalue weighted by Crippen LogP contribution is 2.40. The highest BCUT2D eigenvalue weighted by molar-refractivity contribution is 7.80. The van der Waals surface area contributed by atoms with Gasteiger partial charge in [0.1, 0.15) is 17.5 Å². The zero-order chi connectivity index (χ0) is 25.0. The second kappa shape index (κ2) is 10.9. The summed E-state index contributed by atoms with van der Waals surface area (Å²) in [7, 11) is 4.99. The molecule has 3 rings (SSSR count). The van der Waals surface area contributed by atoms with Crippen LogP contribution in [-0.4, -0.2) is 37.1 Å².